The molecule has 2 aliphatic heterocycles. The molecule has 3 heterocycles. The van der Waals surface area contributed by atoms with Crippen LogP contribution in [0.1, 0.15) is 23.2 Å². The van der Waals surface area contributed by atoms with Crippen LogP contribution >= 0.6 is 0 Å². The first-order chi connectivity index (χ1) is 11.6. The smallest absolute Gasteiger partial charge is 0.257 e. The largest absolute Gasteiger partial charge is 0.375 e. The number of likely N-dealkylation sites (tertiary alicyclic amines) is 1. The van der Waals surface area contributed by atoms with E-state index >= 15 is 0 Å². The highest BCUT2D eigenvalue weighted by molar-refractivity contribution is 5.94. The summed E-state index contributed by atoms with van der Waals surface area (Å²) in [4.78, 5) is 19.8. The van der Waals surface area contributed by atoms with E-state index in [2.05, 4.69) is 9.88 Å². The predicted molar refractivity (Wildman–Crippen MR) is 82.5 cm³/mol. The monoisotopic (exact) mass is 337 g/mol. The molecule has 24 heavy (non-hydrogen) atoms. The molecule has 0 bridgehead atoms. The Labute approximate surface area is 139 Å². The van der Waals surface area contributed by atoms with E-state index in [0.717, 1.165) is 37.8 Å². The van der Waals surface area contributed by atoms with Gasteiger partial charge in [0.15, 0.2) is 5.82 Å². The highest BCUT2D eigenvalue weighted by Crippen LogP contribution is 2.32. The summed E-state index contributed by atoms with van der Waals surface area (Å²) in [5.41, 5.74) is -0.256. The number of ether oxygens (including phenoxy) is 1. The molecule has 1 aromatic heterocycles. The van der Waals surface area contributed by atoms with Crippen LogP contribution in [0.5, 0.6) is 0 Å². The minimum atomic E-state index is -0.847. The molecule has 0 N–H and O–H groups in total. The van der Waals surface area contributed by atoms with E-state index < -0.39 is 17.7 Å². The van der Waals surface area contributed by atoms with Crippen LogP contribution < -0.4 is 0 Å². The molecule has 1 aliphatic carbocycles. The number of halogens is 2. The molecule has 0 unspecified atom stereocenters. The van der Waals surface area contributed by atoms with E-state index in [0.29, 0.717) is 19.7 Å². The average Bonchev–Trinajstić information content (AvgIpc) is 3.32. The third-order valence-electron chi connectivity index (χ3n) is 5.17. The maximum absolute atomic E-state index is 13.8. The Morgan fingerprint density at radius 2 is 2.12 bits per heavy atom. The van der Waals surface area contributed by atoms with E-state index in [1.807, 2.05) is 0 Å². The van der Waals surface area contributed by atoms with Gasteiger partial charge >= 0.3 is 0 Å². The molecule has 2 saturated heterocycles. The first kappa shape index (κ1) is 15.9. The van der Waals surface area contributed by atoms with Crippen molar-refractivity contribution in [2.75, 3.05) is 39.3 Å². The maximum Gasteiger partial charge on any atom is 0.257 e. The first-order valence-electron chi connectivity index (χ1n) is 8.54. The number of nitrogens with zero attached hydrogens (tertiary/aromatic N) is 3. The lowest BCUT2D eigenvalue weighted by Gasteiger charge is -2.23. The summed E-state index contributed by atoms with van der Waals surface area (Å²) in [5.74, 6) is -1.08. The summed E-state index contributed by atoms with van der Waals surface area (Å²) < 4.78 is 33.0. The number of fused-ring (bicyclic) bond motifs is 1. The van der Waals surface area contributed by atoms with E-state index in [-0.39, 0.29) is 17.6 Å². The van der Waals surface area contributed by atoms with Crippen molar-refractivity contribution >= 4 is 5.91 Å². The minimum Gasteiger partial charge on any atom is -0.375 e. The van der Waals surface area contributed by atoms with E-state index in [4.69, 9.17) is 4.74 Å². The summed E-state index contributed by atoms with van der Waals surface area (Å²) in [6, 6.07) is 0.867. The van der Waals surface area contributed by atoms with Crippen molar-refractivity contribution in [1.82, 2.24) is 14.8 Å². The number of hydrogen-bond acceptors (Lipinski definition) is 4. The lowest BCUT2D eigenvalue weighted by Crippen LogP contribution is -2.35. The second kappa shape index (κ2) is 6.37. The van der Waals surface area contributed by atoms with Crippen LogP contribution in [0, 0.1) is 23.6 Å². The highest BCUT2D eigenvalue weighted by atomic mass is 19.1. The SMILES string of the molecule is O=C(c1cc(F)ncc1F)N1C[C@@H]2CN(CC3CC3)CCO[C@@H]2C1. The number of amides is 1. The highest BCUT2D eigenvalue weighted by Gasteiger charge is 2.40. The molecule has 1 saturated carbocycles. The zero-order valence-electron chi connectivity index (χ0n) is 13.5. The van der Waals surface area contributed by atoms with Gasteiger partial charge in [-0.3, -0.25) is 4.79 Å². The molecule has 4 rings (SSSR count). The second-order valence-corrected chi connectivity index (χ2v) is 7.07. The molecule has 3 aliphatic rings. The van der Waals surface area contributed by atoms with Gasteiger partial charge in [-0.25, -0.2) is 9.37 Å². The maximum atomic E-state index is 13.8. The molecule has 0 radical (unpaired) electrons. The van der Waals surface area contributed by atoms with Gasteiger partial charge in [0.05, 0.1) is 24.5 Å². The Hall–Kier alpha value is -1.60. The molecule has 1 amide bonds. The van der Waals surface area contributed by atoms with Crippen LogP contribution in [-0.4, -0.2) is 66.1 Å². The van der Waals surface area contributed by atoms with E-state index in [1.165, 1.54) is 12.8 Å². The van der Waals surface area contributed by atoms with Crippen molar-refractivity contribution in [3.8, 4) is 0 Å². The molecule has 130 valence electrons. The minimum absolute atomic E-state index is 0.0205. The molecule has 1 aromatic rings. The first-order valence-corrected chi connectivity index (χ1v) is 8.54. The van der Waals surface area contributed by atoms with Crippen LogP contribution in [0.15, 0.2) is 12.3 Å². The van der Waals surface area contributed by atoms with Gasteiger partial charge in [0, 0.05) is 44.7 Å². The topological polar surface area (TPSA) is 45.7 Å². The van der Waals surface area contributed by atoms with Crippen molar-refractivity contribution < 1.29 is 18.3 Å². The Kier molecular flexibility index (Phi) is 4.22. The standard InChI is InChI=1S/C17H21F2N3O2/c18-14-6-20-16(19)5-13(14)17(23)22-9-12-8-21(7-11-1-2-11)3-4-24-15(12)10-22/h5-6,11-12,15H,1-4,7-10H2/t12-,15+/m0/s1. The molecular weight excluding hydrogens is 316 g/mol. The van der Waals surface area contributed by atoms with Crippen LogP contribution in [0.4, 0.5) is 8.78 Å². The molecule has 0 spiro atoms. The Morgan fingerprint density at radius 1 is 1.29 bits per heavy atom. The Bertz CT molecular complexity index is 638. The van der Waals surface area contributed by atoms with E-state index in [9.17, 15) is 13.6 Å². The Morgan fingerprint density at radius 3 is 2.92 bits per heavy atom. The summed E-state index contributed by atoms with van der Waals surface area (Å²) in [5, 5.41) is 0. The van der Waals surface area contributed by atoms with Crippen molar-refractivity contribution in [2.24, 2.45) is 11.8 Å². The lowest BCUT2D eigenvalue weighted by atomic mass is 10.1. The predicted octanol–water partition coefficient (Wildman–Crippen LogP) is 1.54. The quantitative estimate of drug-likeness (QED) is 0.785. The fraction of sp³-hybridized carbons (Fsp3) is 0.647. The van der Waals surface area contributed by atoms with Crippen LogP contribution in [0.25, 0.3) is 0 Å². The normalized spacial score (nSPS) is 27.8. The third kappa shape index (κ3) is 3.28. The number of rotatable bonds is 3. The van der Waals surface area contributed by atoms with Crippen molar-refractivity contribution in [2.45, 2.75) is 18.9 Å². The van der Waals surface area contributed by atoms with E-state index in [1.54, 1.807) is 4.90 Å². The molecule has 7 heteroatoms. The fourth-order valence-electron chi connectivity index (χ4n) is 3.71. The summed E-state index contributed by atoms with van der Waals surface area (Å²) >= 11 is 0. The Balaban J connectivity index is 1.45. The van der Waals surface area contributed by atoms with Crippen LogP contribution in [0.3, 0.4) is 0 Å². The number of carbonyl (C=O) groups is 1. The molecule has 2 atom stereocenters. The van der Waals surface area contributed by atoms with Crippen LogP contribution in [0.2, 0.25) is 0 Å². The zero-order chi connectivity index (χ0) is 16.7. The van der Waals surface area contributed by atoms with Gasteiger partial charge in [0.25, 0.3) is 5.91 Å². The van der Waals surface area contributed by atoms with Gasteiger partial charge in [-0.15, -0.1) is 0 Å². The van der Waals surface area contributed by atoms with Gasteiger partial charge in [0.1, 0.15) is 0 Å². The average molecular weight is 337 g/mol. The van der Waals surface area contributed by atoms with Gasteiger partial charge in [-0.05, 0) is 18.8 Å². The third-order valence-corrected chi connectivity index (χ3v) is 5.17. The fourth-order valence-corrected chi connectivity index (χ4v) is 3.71. The summed E-state index contributed by atoms with van der Waals surface area (Å²) in [6.45, 7) is 4.55. The second-order valence-electron chi connectivity index (χ2n) is 7.07. The van der Waals surface area contributed by atoms with Gasteiger partial charge < -0.3 is 14.5 Å². The van der Waals surface area contributed by atoms with Crippen molar-refractivity contribution in [3.63, 3.8) is 0 Å². The number of aromatic nitrogens is 1. The number of hydrogen-bond donors (Lipinski definition) is 0. The van der Waals surface area contributed by atoms with Crippen molar-refractivity contribution in [3.05, 3.63) is 29.6 Å². The molecule has 3 fully saturated rings. The van der Waals surface area contributed by atoms with Gasteiger partial charge in [-0.1, -0.05) is 0 Å². The summed E-state index contributed by atoms with van der Waals surface area (Å²) in [6.07, 6.45) is 3.35. The van der Waals surface area contributed by atoms with Gasteiger partial charge in [0.2, 0.25) is 5.95 Å². The number of carbonyl (C=O) groups excluding carboxylic acids is 1. The zero-order valence-corrected chi connectivity index (χ0v) is 13.5. The van der Waals surface area contributed by atoms with Crippen molar-refractivity contribution in [1.29, 1.82) is 0 Å². The number of pyridine rings is 1. The molecule has 0 aromatic carbocycles. The lowest BCUT2D eigenvalue weighted by molar-refractivity contribution is 0.0482. The molecule has 5 nitrogen and oxygen atoms in total. The van der Waals surface area contributed by atoms with Gasteiger partial charge in [-0.2, -0.15) is 4.39 Å². The summed E-state index contributed by atoms with van der Waals surface area (Å²) in [7, 11) is 0. The molecular formula is C17H21F2N3O2. The van der Waals surface area contributed by atoms with Crippen LogP contribution in [-0.2, 0) is 4.74 Å².